The van der Waals surface area contributed by atoms with E-state index >= 15 is 0 Å². The third-order valence-corrected chi connectivity index (χ3v) is 10.5. The Hall–Kier alpha value is -4.48. The second-order valence-corrected chi connectivity index (χ2v) is 16.1. The van der Waals surface area contributed by atoms with Crippen molar-refractivity contribution in [3.8, 4) is 33.6 Å². The summed E-state index contributed by atoms with van der Waals surface area (Å²) in [6, 6.07) is 34.3. The number of aromatic nitrogens is 3. The summed E-state index contributed by atoms with van der Waals surface area (Å²) < 4.78 is 29.5. The van der Waals surface area contributed by atoms with E-state index in [1.165, 1.54) is 34.0 Å². The van der Waals surface area contributed by atoms with Crippen LogP contribution in [0, 0.1) is 32.8 Å². The Balaban J connectivity index is 0.000000254. The maximum atomic E-state index is 7.23. The van der Waals surface area contributed by atoms with Gasteiger partial charge >= 0.3 is 0 Å². The Kier molecular flexibility index (Phi) is 9.31. The monoisotopic (exact) mass is 881 g/mol. The molecule has 0 bridgehead atoms. The van der Waals surface area contributed by atoms with E-state index in [1.54, 1.807) is 29.5 Å². The van der Waals surface area contributed by atoms with Gasteiger partial charge in [0.2, 0.25) is 0 Å². The Labute approximate surface area is 329 Å². The first-order chi connectivity index (χ1) is 25.5. The summed E-state index contributed by atoms with van der Waals surface area (Å²) >= 11 is 1.74. The smallest absolute Gasteiger partial charge is 0.148 e. The number of fused-ring (bicyclic) bond motifs is 5. The molecular formula is C46H43IrN3OS-2. The van der Waals surface area contributed by atoms with Crippen LogP contribution < -0.4 is 0 Å². The zero-order valence-electron chi connectivity index (χ0n) is 33.7. The third kappa shape index (κ3) is 7.25. The summed E-state index contributed by atoms with van der Waals surface area (Å²) in [5, 5.41) is 3.27. The van der Waals surface area contributed by atoms with Gasteiger partial charge < -0.3 is 14.4 Å². The quantitative estimate of drug-likeness (QED) is 0.166. The molecule has 4 aromatic heterocycles. The molecule has 6 heteroatoms. The molecule has 0 spiro atoms. The van der Waals surface area contributed by atoms with Crippen LogP contribution in [0.4, 0.5) is 0 Å². The molecule has 4 aromatic carbocycles. The minimum atomic E-state index is -2.09. The molecule has 0 aliphatic rings. The molecule has 4 heterocycles. The fraction of sp³-hybridized carbons (Fsp3) is 0.239. The van der Waals surface area contributed by atoms with Crippen LogP contribution in [0.25, 0.3) is 65.8 Å². The van der Waals surface area contributed by atoms with E-state index in [0.717, 1.165) is 59.7 Å². The predicted molar refractivity (Wildman–Crippen MR) is 215 cm³/mol. The van der Waals surface area contributed by atoms with Gasteiger partial charge in [0.1, 0.15) is 11.1 Å². The second-order valence-electron chi connectivity index (χ2n) is 15.1. The molecule has 8 aromatic rings. The summed E-state index contributed by atoms with van der Waals surface area (Å²) in [7, 11) is 0. The van der Waals surface area contributed by atoms with Crippen molar-refractivity contribution in [3.63, 3.8) is 0 Å². The first-order valence-electron chi connectivity index (χ1n) is 18.7. The van der Waals surface area contributed by atoms with Crippen molar-refractivity contribution >= 4 is 43.5 Å². The van der Waals surface area contributed by atoms with Crippen molar-refractivity contribution in [2.45, 2.75) is 73.1 Å². The molecule has 0 unspecified atom stereocenters. The molecule has 0 saturated heterocycles. The molecule has 265 valence electrons. The maximum absolute atomic E-state index is 7.23. The van der Waals surface area contributed by atoms with Gasteiger partial charge in [0.05, 0.1) is 15.3 Å². The van der Waals surface area contributed by atoms with Crippen LogP contribution in [-0.2, 0) is 30.9 Å². The van der Waals surface area contributed by atoms with Crippen molar-refractivity contribution < 1.29 is 28.6 Å². The van der Waals surface area contributed by atoms with E-state index in [0.29, 0.717) is 0 Å². The van der Waals surface area contributed by atoms with Crippen molar-refractivity contribution in [1.29, 1.82) is 0 Å². The molecule has 4 nitrogen and oxygen atoms in total. The van der Waals surface area contributed by atoms with Crippen LogP contribution in [0.1, 0.15) is 72.9 Å². The molecular weight excluding hydrogens is 835 g/mol. The Morgan fingerprint density at radius 1 is 0.731 bits per heavy atom. The predicted octanol–water partition coefficient (Wildman–Crippen LogP) is 12.8. The van der Waals surface area contributed by atoms with Crippen molar-refractivity contribution in [2.75, 3.05) is 0 Å². The number of thiazole rings is 1. The first kappa shape index (κ1) is 33.4. The van der Waals surface area contributed by atoms with Gasteiger partial charge in [-0.25, -0.2) is 4.98 Å². The fourth-order valence-electron chi connectivity index (χ4n) is 6.46. The summed E-state index contributed by atoms with van der Waals surface area (Å²) in [4.78, 5) is 14.1. The number of benzene rings is 4. The van der Waals surface area contributed by atoms with Crippen LogP contribution >= 0.6 is 11.3 Å². The normalized spacial score (nSPS) is 12.9. The minimum absolute atomic E-state index is 0. The Morgan fingerprint density at radius 3 is 2.13 bits per heavy atom. The SMILES string of the molecule is Cc1cccc(C)c1-c1cnc(-c2[c-]ccc3c2oc2c3ccc3sc(C(C)(C)C)nc32)cc1C(C)(C)C.[2H]C([2H])([2H])c1ccc(-c2[c-]cccc2)nc1.[Ir]. The number of hydrogen-bond donors (Lipinski definition) is 0. The van der Waals surface area contributed by atoms with Gasteiger partial charge in [-0.3, -0.25) is 0 Å². The number of furan rings is 1. The zero-order chi connectivity index (χ0) is 38.6. The summed E-state index contributed by atoms with van der Waals surface area (Å²) in [6.45, 7) is 15.7. The molecule has 0 saturated carbocycles. The first-order valence-corrected chi connectivity index (χ1v) is 18.0. The number of pyridine rings is 2. The summed E-state index contributed by atoms with van der Waals surface area (Å²) in [6.07, 6.45) is 3.43. The average molecular weight is 881 g/mol. The zero-order valence-corrected chi connectivity index (χ0v) is 33.9. The number of aryl methyl sites for hydroxylation is 3. The van der Waals surface area contributed by atoms with E-state index in [-0.39, 0.29) is 36.5 Å². The number of rotatable bonds is 3. The molecule has 0 aliphatic heterocycles. The topological polar surface area (TPSA) is 51.8 Å². The van der Waals surface area contributed by atoms with Crippen molar-refractivity contribution in [2.24, 2.45) is 0 Å². The number of hydrogen-bond acceptors (Lipinski definition) is 5. The molecule has 0 aliphatic carbocycles. The average Bonchev–Trinajstić information content (AvgIpc) is 3.74. The van der Waals surface area contributed by atoms with Crippen LogP contribution in [0.3, 0.4) is 0 Å². The van der Waals surface area contributed by atoms with Gasteiger partial charge in [-0.15, -0.1) is 65.4 Å². The van der Waals surface area contributed by atoms with Gasteiger partial charge in [0, 0.05) is 53.0 Å². The van der Waals surface area contributed by atoms with Gasteiger partial charge in [0.25, 0.3) is 0 Å². The van der Waals surface area contributed by atoms with E-state index < -0.39 is 6.85 Å². The van der Waals surface area contributed by atoms with Crippen LogP contribution in [0.2, 0.25) is 0 Å². The molecule has 52 heavy (non-hydrogen) atoms. The van der Waals surface area contributed by atoms with Gasteiger partial charge in [-0.05, 0) is 71.4 Å². The fourth-order valence-corrected chi connectivity index (χ4v) is 7.48. The van der Waals surface area contributed by atoms with Gasteiger partial charge in [0.15, 0.2) is 0 Å². The molecule has 0 amide bonds. The second kappa shape index (κ2) is 14.5. The molecule has 8 rings (SSSR count). The maximum Gasteiger partial charge on any atom is 0.148 e. The van der Waals surface area contributed by atoms with Crippen LogP contribution in [0.5, 0.6) is 0 Å². The van der Waals surface area contributed by atoms with Crippen LogP contribution in [-0.4, -0.2) is 15.0 Å². The summed E-state index contributed by atoms with van der Waals surface area (Å²) in [5.74, 6) is 0. The minimum Gasteiger partial charge on any atom is -0.498 e. The van der Waals surface area contributed by atoms with E-state index in [2.05, 4.69) is 115 Å². The van der Waals surface area contributed by atoms with Crippen LogP contribution in [0.15, 0.2) is 102 Å². The number of nitrogens with zero attached hydrogens (tertiary/aromatic N) is 3. The standard InChI is InChI=1S/C34H33N2OS.C12H10N.Ir/c1-19-11-9-12-20(2)28(19)24-18-35-26(17-25(24)33(3,4)5)23-14-10-13-21-22-15-16-27-29(31(22)37-30(21)23)36-32(38-27)34(6,7)8;1-10-7-8-12(13-9-10)11-5-3-2-4-6-11;/h9-13,15-18H,1-8H3;2-5,7-9H,1H3;/q2*-1;/i;1D3;. The summed E-state index contributed by atoms with van der Waals surface area (Å²) in [5.41, 5.74) is 12.4. The Bertz CT molecular complexity index is 2610. The Morgan fingerprint density at radius 2 is 1.48 bits per heavy atom. The van der Waals surface area contributed by atoms with E-state index in [1.807, 2.05) is 30.5 Å². The third-order valence-electron chi connectivity index (χ3n) is 9.07. The van der Waals surface area contributed by atoms with E-state index in [9.17, 15) is 0 Å². The van der Waals surface area contributed by atoms with Crippen molar-refractivity contribution in [1.82, 2.24) is 15.0 Å². The van der Waals surface area contributed by atoms with E-state index in [4.69, 9.17) is 18.5 Å². The largest absolute Gasteiger partial charge is 0.498 e. The van der Waals surface area contributed by atoms with Crippen molar-refractivity contribution in [3.05, 3.63) is 137 Å². The molecule has 0 atom stereocenters. The molecule has 1 radical (unpaired) electrons. The molecule has 0 fully saturated rings. The molecule has 0 N–H and O–H groups in total. The van der Waals surface area contributed by atoms with Gasteiger partial charge in [-0.2, -0.15) is 0 Å². The van der Waals surface area contributed by atoms with Gasteiger partial charge in [-0.1, -0.05) is 95.0 Å².